The van der Waals surface area contributed by atoms with Crippen LogP contribution >= 0.6 is 39.7 Å². The maximum Gasteiger partial charge on any atom is 0.257 e. The quantitative estimate of drug-likeness (QED) is 0.635. The SMILES string of the molecule is CCN1CCN(c2c(Cl)cccc2NC(=S)NC(=O)c2cccc(Br)c2)CC1. The molecule has 2 aromatic carbocycles. The van der Waals surface area contributed by atoms with E-state index >= 15 is 0 Å². The van der Waals surface area contributed by atoms with Crippen LogP contribution in [0.3, 0.4) is 0 Å². The van der Waals surface area contributed by atoms with Crippen LogP contribution in [0.25, 0.3) is 0 Å². The van der Waals surface area contributed by atoms with E-state index in [1.54, 1.807) is 18.2 Å². The highest BCUT2D eigenvalue weighted by molar-refractivity contribution is 9.10. The number of rotatable bonds is 4. The van der Waals surface area contributed by atoms with Gasteiger partial charge >= 0.3 is 0 Å². The number of nitrogens with zero attached hydrogens (tertiary/aromatic N) is 2. The summed E-state index contributed by atoms with van der Waals surface area (Å²) in [6.07, 6.45) is 0. The average Bonchev–Trinajstić information content (AvgIpc) is 2.68. The minimum absolute atomic E-state index is 0.237. The first-order valence-electron chi connectivity index (χ1n) is 9.11. The van der Waals surface area contributed by atoms with Crippen LogP contribution in [0.2, 0.25) is 5.02 Å². The molecule has 0 radical (unpaired) electrons. The van der Waals surface area contributed by atoms with Crippen molar-refractivity contribution in [3.63, 3.8) is 0 Å². The fourth-order valence-electron chi connectivity index (χ4n) is 3.18. The van der Waals surface area contributed by atoms with Gasteiger partial charge in [0.25, 0.3) is 5.91 Å². The molecule has 0 unspecified atom stereocenters. The topological polar surface area (TPSA) is 47.6 Å². The van der Waals surface area contributed by atoms with Crippen molar-refractivity contribution in [3.05, 3.63) is 57.5 Å². The molecule has 2 aromatic rings. The third-order valence-corrected chi connectivity index (χ3v) is 5.69. The fraction of sp³-hybridized carbons (Fsp3) is 0.300. The van der Waals surface area contributed by atoms with E-state index in [0.29, 0.717) is 10.6 Å². The molecule has 3 rings (SSSR count). The molecule has 0 saturated carbocycles. The molecule has 2 N–H and O–H groups in total. The lowest BCUT2D eigenvalue weighted by Crippen LogP contribution is -2.46. The highest BCUT2D eigenvalue weighted by Gasteiger charge is 2.21. The molecular formula is C20H22BrClN4OS. The zero-order chi connectivity index (χ0) is 20.1. The molecule has 0 atom stereocenters. The van der Waals surface area contributed by atoms with Crippen LogP contribution < -0.4 is 15.5 Å². The van der Waals surface area contributed by atoms with Crippen LogP contribution in [0, 0.1) is 0 Å². The molecule has 28 heavy (non-hydrogen) atoms. The van der Waals surface area contributed by atoms with Crippen LogP contribution in [0.4, 0.5) is 11.4 Å². The number of anilines is 2. The Morgan fingerprint density at radius 3 is 2.57 bits per heavy atom. The number of nitrogens with one attached hydrogen (secondary N) is 2. The first kappa shape index (κ1) is 21.0. The number of carbonyl (C=O) groups is 1. The van der Waals surface area contributed by atoms with Gasteiger partial charge in [0.2, 0.25) is 0 Å². The number of likely N-dealkylation sites (N-methyl/N-ethyl adjacent to an activating group) is 1. The summed E-state index contributed by atoms with van der Waals surface area (Å²) in [6, 6.07) is 12.8. The number of hydrogen-bond donors (Lipinski definition) is 2. The van der Waals surface area contributed by atoms with Crippen molar-refractivity contribution in [3.8, 4) is 0 Å². The number of thiocarbonyl (C=S) groups is 1. The summed E-state index contributed by atoms with van der Waals surface area (Å²) >= 11 is 15.2. The predicted molar refractivity (Wildman–Crippen MR) is 124 cm³/mol. The molecule has 1 fully saturated rings. The van der Waals surface area contributed by atoms with Crippen LogP contribution in [0.15, 0.2) is 46.9 Å². The summed E-state index contributed by atoms with van der Waals surface area (Å²) in [5.41, 5.74) is 2.23. The molecule has 0 aliphatic carbocycles. The lowest BCUT2D eigenvalue weighted by molar-refractivity contribution is 0.0977. The number of hydrogen-bond acceptors (Lipinski definition) is 4. The van der Waals surface area contributed by atoms with Gasteiger partial charge in [0.1, 0.15) is 0 Å². The number of para-hydroxylation sites is 1. The minimum atomic E-state index is -0.265. The first-order valence-corrected chi connectivity index (χ1v) is 10.7. The van der Waals surface area contributed by atoms with Gasteiger partial charge in [0, 0.05) is 36.2 Å². The molecule has 0 spiro atoms. The van der Waals surface area contributed by atoms with E-state index in [4.69, 9.17) is 23.8 Å². The molecule has 1 aliphatic heterocycles. The van der Waals surface area contributed by atoms with Crippen molar-refractivity contribution in [2.45, 2.75) is 6.92 Å². The standard InChI is InChI=1S/C20H22BrClN4OS/c1-2-25-9-11-26(12-10-25)18-16(22)7-4-8-17(18)23-20(28)24-19(27)14-5-3-6-15(21)13-14/h3-8,13H,2,9-12H2,1H3,(H2,23,24,27,28). The summed E-state index contributed by atoms with van der Waals surface area (Å²) in [5.74, 6) is -0.265. The average molecular weight is 482 g/mol. The minimum Gasteiger partial charge on any atom is -0.366 e. The number of carbonyl (C=O) groups excluding carboxylic acids is 1. The van der Waals surface area contributed by atoms with E-state index in [1.807, 2.05) is 24.3 Å². The van der Waals surface area contributed by atoms with Gasteiger partial charge in [0.05, 0.1) is 16.4 Å². The van der Waals surface area contributed by atoms with Crippen LogP contribution in [-0.2, 0) is 0 Å². The summed E-state index contributed by atoms with van der Waals surface area (Å²) < 4.78 is 0.836. The zero-order valence-corrected chi connectivity index (χ0v) is 18.7. The van der Waals surface area contributed by atoms with Crippen molar-refractivity contribution in [1.29, 1.82) is 0 Å². The smallest absolute Gasteiger partial charge is 0.257 e. The van der Waals surface area contributed by atoms with Gasteiger partial charge in [0.15, 0.2) is 5.11 Å². The Balaban J connectivity index is 1.71. The van der Waals surface area contributed by atoms with Gasteiger partial charge in [-0.15, -0.1) is 0 Å². The van der Waals surface area contributed by atoms with Crippen LogP contribution in [0.5, 0.6) is 0 Å². The summed E-state index contributed by atoms with van der Waals surface area (Å²) in [5, 5.41) is 6.77. The maximum absolute atomic E-state index is 12.4. The van der Waals surface area contributed by atoms with Gasteiger partial charge < -0.3 is 15.1 Å². The van der Waals surface area contributed by atoms with Gasteiger partial charge in [-0.1, -0.05) is 46.6 Å². The number of halogens is 2. The lowest BCUT2D eigenvalue weighted by atomic mass is 10.2. The van der Waals surface area contributed by atoms with E-state index in [2.05, 4.69) is 43.3 Å². The van der Waals surface area contributed by atoms with Gasteiger partial charge in [-0.2, -0.15) is 0 Å². The molecule has 5 nitrogen and oxygen atoms in total. The number of amides is 1. The molecule has 0 bridgehead atoms. The third-order valence-electron chi connectivity index (χ3n) is 4.68. The Kier molecular flexibility index (Phi) is 7.29. The van der Waals surface area contributed by atoms with E-state index in [1.165, 1.54) is 0 Å². The Labute approximate surface area is 184 Å². The fourth-order valence-corrected chi connectivity index (χ4v) is 4.08. The Bertz CT molecular complexity index is 871. The van der Waals surface area contributed by atoms with Crippen molar-refractivity contribution >= 4 is 62.1 Å². The monoisotopic (exact) mass is 480 g/mol. The number of benzene rings is 2. The van der Waals surface area contributed by atoms with Gasteiger partial charge in [-0.05, 0) is 49.1 Å². The van der Waals surface area contributed by atoms with E-state index < -0.39 is 0 Å². The lowest BCUT2D eigenvalue weighted by Gasteiger charge is -2.37. The molecular weight excluding hydrogens is 460 g/mol. The molecule has 1 aliphatic rings. The van der Waals surface area contributed by atoms with Gasteiger partial charge in [-0.25, -0.2) is 0 Å². The van der Waals surface area contributed by atoms with E-state index in [0.717, 1.165) is 48.6 Å². The van der Waals surface area contributed by atoms with Crippen LogP contribution in [-0.4, -0.2) is 48.6 Å². The van der Waals surface area contributed by atoms with Crippen molar-refractivity contribution in [1.82, 2.24) is 10.2 Å². The summed E-state index contributed by atoms with van der Waals surface area (Å²) in [4.78, 5) is 17.1. The summed E-state index contributed by atoms with van der Waals surface area (Å²) in [6.45, 7) is 6.99. The Hall–Kier alpha value is -1.67. The first-order chi connectivity index (χ1) is 13.5. The van der Waals surface area contributed by atoms with E-state index in [9.17, 15) is 4.79 Å². The molecule has 1 heterocycles. The highest BCUT2D eigenvalue weighted by Crippen LogP contribution is 2.34. The second kappa shape index (κ2) is 9.69. The molecule has 0 aromatic heterocycles. The number of piperazine rings is 1. The second-order valence-corrected chi connectivity index (χ2v) is 8.21. The zero-order valence-electron chi connectivity index (χ0n) is 15.5. The molecule has 1 saturated heterocycles. The van der Waals surface area contributed by atoms with Crippen LogP contribution in [0.1, 0.15) is 17.3 Å². The van der Waals surface area contributed by atoms with Crippen molar-refractivity contribution < 1.29 is 4.79 Å². The Morgan fingerprint density at radius 2 is 1.89 bits per heavy atom. The second-order valence-electron chi connectivity index (χ2n) is 6.48. The summed E-state index contributed by atoms with van der Waals surface area (Å²) in [7, 11) is 0. The largest absolute Gasteiger partial charge is 0.366 e. The molecule has 1 amide bonds. The predicted octanol–water partition coefficient (Wildman–Crippen LogP) is 4.37. The van der Waals surface area contributed by atoms with Crippen molar-refractivity contribution in [2.24, 2.45) is 0 Å². The normalized spacial score (nSPS) is 14.6. The van der Waals surface area contributed by atoms with Crippen molar-refractivity contribution in [2.75, 3.05) is 42.9 Å². The Morgan fingerprint density at radius 1 is 1.18 bits per heavy atom. The maximum atomic E-state index is 12.4. The van der Waals surface area contributed by atoms with Gasteiger partial charge in [-0.3, -0.25) is 10.1 Å². The van der Waals surface area contributed by atoms with E-state index in [-0.39, 0.29) is 11.0 Å². The molecule has 148 valence electrons. The third kappa shape index (κ3) is 5.23. The molecule has 8 heteroatoms. The highest BCUT2D eigenvalue weighted by atomic mass is 79.9.